The Kier molecular flexibility index (Phi) is 3.41. The predicted molar refractivity (Wildman–Crippen MR) is 63.5 cm³/mol. The Morgan fingerprint density at radius 3 is 2.28 bits per heavy atom. The van der Waals surface area contributed by atoms with Gasteiger partial charge in [0.1, 0.15) is 0 Å². The van der Waals surface area contributed by atoms with Crippen LogP contribution in [0.25, 0.3) is 0 Å². The molecule has 1 N–H and O–H groups in total. The molecule has 18 heavy (non-hydrogen) atoms. The molecular weight excluding hydrogens is 234 g/mol. The monoisotopic (exact) mass is 253 g/mol. The van der Waals surface area contributed by atoms with Crippen molar-refractivity contribution in [1.82, 2.24) is 4.90 Å². The van der Waals surface area contributed by atoms with Crippen LogP contribution in [0.3, 0.4) is 0 Å². The Balaban J connectivity index is 2.01. The van der Waals surface area contributed by atoms with Crippen LogP contribution in [0, 0.1) is 23.7 Å². The van der Waals surface area contributed by atoms with Gasteiger partial charge in [0, 0.05) is 13.0 Å². The maximum atomic E-state index is 12.1. The molecule has 2 aliphatic rings. The second-order valence-corrected chi connectivity index (χ2v) is 5.78. The van der Waals surface area contributed by atoms with Crippen LogP contribution < -0.4 is 0 Å². The molecular formula is C13H19NO4. The number of carboxylic acids is 1. The normalized spacial score (nSPS) is 32.8. The van der Waals surface area contributed by atoms with Crippen LogP contribution in [-0.4, -0.2) is 34.3 Å². The largest absolute Gasteiger partial charge is 0.481 e. The predicted octanol–water partition coefficient (Wildman–Crippen LogP) is 1.13. The second kappa shape index (κ2) is 4.71. The first kappa shape index (κ1) is 13.1. The lowest BCUT2D eigenvalue weighted by Crippen LogP contribution is -2.36. The minimum Gasteiger partial charge on any atom is -0.481 e. The second-order valence-electron chi connectivity index (χ2n) is 5.78. The summed E-state index contributed by atoms with van der Waals surface area (Å²) in [6.07, 6.45) is 1.57. The van der Waals surface area contributed by atoms with Gasteiger partial charge in [-0.2, -0.15) is 0 Å². The van der Waals surface area contributed by atoms with Crippen molar-refractivity contribution in [2.24, 2.45) is 23.7 Å². The molecule has 3 unspecified atom stereocenters. The lowest BCUT2D eigenvalue weighted by Gasteiger charge is -2.20. The first-order valence-electron chi connectivity index (χ1n) is 6.47. The summed E-state index contributed by atoms with van der Waals surface area (Å²) >= 11 is 0. The van der Waals surface area contributed by atoms with E-state index in [2.05, 4.69) is 6.92 Å². The highest BCUT2D eigenvalue weighted by Gasteiger charge is 2.51. The zero-order valence-corrected chi connectivity index (χ0v) is 10.8. The number of hydrogen-bond donors (Lipinski definition) is 1. The molecule has 5 nitrogen and oxygen atoms in total. The van der Waals surface area contributed by atoms with E-state index in [0.717, 1.165) is 12.8 Å². The number of hydrogen-bond acceptors (Lipinski definition) is 3. The molecule has 0 radical (unpaired) electrons. The molecule has 2 rings (SSSR count). The van der Waals surface area contributed by atoms with Crippen molar-refractivity contribution >= 4 is 17.8 Å². The van der Waals surface area contributed by atoms with Gasteiger partial charge in [-0.25, -0.2) is 0 Å². The van der Waals surface area contributed by atoms with Crippen molar-refractivity contribution in [3.8, 4) is 0 Å². The molecule has 5 heteroatoms. The molecule has 0 bridgehead atoms. The van der Waals surface area contributed by atoms with Crippen molar-refractivity contribution in [2.45, 2.75) is 33.1 Å². The van der Waals surface area contributed by atoms with Crippen LogP contribution in [0.5, 0.6) is 0 Å². The van der Waals surface area contributed by atoms with Gasteiger partial charge in [-0.15, -0.1) is 0 Å². The molecule has 0 aromatic heterocycles. The summed E-state index contributed by atoms with van der Waals surface area (Å²) in [6, 6.07) is 0. The van der Waals surface area contributed by atoms with E-state index in [9.17, 15) is 14.4 Å². The van der Waals surface area contributed by atoms with Crippen molar-refractivity contribution < 1.29 is 19.5 Å². The molecule has 100 valence electrons. The van der Waals surface area contributed by atoms with Gasteiger partial charge in [0.25, 0.3) is 0 Å². The van der Waals surface area contributed by atoms with Gasteiger partial charge >= 0.3 is 5.97 Å². The fourth-order valence-electron chi connectivity index (χ4n) is 3.20. The minimum absolute atomic E-state index is 0.0111. The SMILES string of the molecule is CC1CC2C(=O)N(CC(C)CC(=O)O)C(=O)C2C1. The fraction of sp³-hybridized carbons (Fsp3) is 0.769. The van der Waals surface area contributed by atoms with Crippen molar-refractivity contribution in [1.29, 1.82) is 0 Å². The Labute approximate surface area is 106 Å². The van der Waals surface area contributed by atoms with Crippen LogP contribution in [-0.2, 0) is 14.4 Å². The Morgan fingerprint density at radius 1 is 1.33 bits per heavy atom. The number of carboxylic acid groups (broad SMARTS) is 1. The first-order valence-corrected chi connectivity index (χ1v) is 6.47. The summed E-state index contributed by atoms with van der Waals surface area (Å²) in [5, 5.41) is 8.70. The highest BCUT2D eigenvalue weighted by Crippen LogP contribution is 2.43. The van der Waals surface area contributed by atoms with Crippen molar-refractivity contribution in [2.75, 3.05) is 6.54 Å². The van der Waals surface area contributed by atoms with Gasteiger partial charge in [0.15, 0.2) is 0 Å². The van der Waals surface area contributed by atoms with E-state index in [-0.39, 0.29) is 42.5 Å². The highest BCUT2D eigenvalue weighted by atomic mass is 16.4. The zero-order chi connectivity index (χ0) is 13.4. The number of rotatable bonds is 4. The van der Waals surface area contributed by atoms with E-state index < -0.39 is 5.97 Å². The summed E-state index contributed by atoms with van der Waals surface area (Å²) < 4.78 is 0. The Morgan fingerprint density at radius 2 is 1.83 bits per heavy atom. The molecule has 0 aromatic carbocycles. The van der Waals surface area contributed by atoms with Crippen LogP contribution in [0.4, 0.5) is 0 Å². The highest BCUT2D eigenvalue weighted by molar-refractivity contribution is 6.05. The average Bonchev–Trinajstić information content (AvgIpc) is 2.72. The van der Waals surface area contributed by atoms with Crippen molar-refractivity contribution in [3.63, 3.8) is 0 Å². The number of imide groups is 1. The molecule has 1 aliphatic carbocycles. The van der Waals surface area contributed by atoms with Crippen LogP contribution in [0.1, 0.15) is 33.1 Å². The van der Waals surface area contributed by atoms with Crippen LogP contribution >= 0.6 is 0 Å². The summed E-state index contributed by atoms with van der Waals surface area (Å²) in [5.41, 5.74) is 0. The number of carbonyl (C=O) groups is 3. The minimum atomic E-state index is -0.893. The molecule has 1 saturated carbocycles. The maximum absolute atomic E-state index is 12.1. The number of carbonyl (C=O) groups excluding carboxylic acids is 2. The van der Waals surface area contributed by atoms with Gasteiger partial charge in [-0.05, 0) is 24.7 Å². The summed E-state index contributed by atoms with van der Waals surface area (Å²) in [6.45, 7) is 4.06. The van der Waals surface area contributed by atoms with E-state index in [1.807, 2.05) is 0 Å². The van der Waals surface area contributed by atoms with Gasteiger partial charge < -0.3 is 5.11 Å². The fourth-order valence-corrected chi connectivity index (χ4v) is 3.20. The third kappa shape index (κ3) is 2.26. The summed E-state index contributed by atoms with van der Waals surface area (Å²) in [4.78, 5) is 36.1. The first-order chi connectivity index (χ1) is 8.40. The summed E-state index contributed by atoms with van der Waals surface area (Å²) in [5.74, 6) is -1.12. The molecule has 0 spiro atoms. The van der Waals surface area contributed by atoms with Crippen LogP contribution in [0.15, 0.2) is 0 Å². The number of nitrogens with zero attached hydrogens (tertiary/aromatic N) is 1. The van der Waals surface area contributed by atoms with Gasteiger partial charge in [0.05, 0.1) is 11.8 Å². The lowest BCUT2D eigenvalue weighted by molar-refractivity contribution is -0.144. The topological polar surface area (TPSA) is 74.7 Å². The van der Waals surface area contributed by atoms with Gasteiger partial charge in [-0.3, -0.25) is 19.3 Å². The number of aliphatic carboxylic acids is 1. The van der Waals surface area contributed by atoms with Gasteiger partial charge in [-0.1, -0.05) is 13.8 Å². The molecule has 1 heterocycles. The molecule has 1 aliphatic heterocycles. The molecule has 0 aromatic rings. The molecule has 1 saturated heterocycles. The number of amides is 2. The third-order valence-corrected chi connectivity index (χ3v) is 3.98. The lowest BCUT2D eigenvalue weighted by atomic mass is 10.00. The number of likely N-dealkylation sites (tertiary alicyclic amines) is 1. The standard InChI is InChI=1S/C13H19NO4/c1-7-3-9-10(4-7)13(18)14(12(9)17)6-8(2)5-11(15)16/h7-10H,3-6H2,1-2H3,(H,15,16). The Bertz CT molecular complexity index is 368. The maximum Gasteiger partial charge on any atom is 0.303 e. The quantitative estimate of drug-likeness (QED) is 0.762. The van der Waals surface area contributed by atoms with E-state index in [0.29, 0.717) is 5.92 Å². The molecule has 3 atom stereocenters. The van der Waals surface area contributed by atoms with Crippen LogP contribution in [0.2, 0.25) is 0 Å². The van der Waals surface area contributed by atoms with E-state index in [4.69, 9.17) is 5.11 Å². The van der Waals surface area contributed by atoms with Crippen molar-refractivity contribution in [3.05, 3.63) is 0 Å². The molecule has 2 fully saturated rings. The summed E-state index contributed by atoms with van der Waals surface area (Å²) in [7, 11) is 0. The zero-order valence-electron chi connectivity index (χ0n) is 10.8. The Hall–Kier alpha value is -1.39. The smallest absolute Gasteiger partial charge is 0.303 e. The van der Waals surface area contributed by atoms with E-state index in [1.165, 1.54) is 4.90 Å². The van der Waals surface area contributed by atoms with E-state index >= 15 is 0 Å². The number of fused-ring (bicyclic) bond motifs is 1. The molecule has 2 amide bonds. The van der Waals surface area contributed by atoms with E-state index in [1.54, 1.807) is 6.92 Å². The third-order valence-electron chi connectivity index (χ3n) is 3.98. The average molecular weight is 253 g/mol. The van der Waals surface area contributed by atoms with Gasteiger partial charge in [0.2, 0.25) is 11.8 Å².